The molecule has 0 atom stereocenters. The number of morpholine rings is 2. The molecule has 0 spiro atoms. The maximum atomic E-state index is 12.5. The second-order valence-corrected chi connectivity index (χ2v) is 14.0. The summed E-state index contributed by atoms with van der Waals surface area (Å²) < 4.78 is 65.9. The summed E-state index contributed by atoms with van der Waals surface area (Å²) >= 11 is 0. The number of benzene rings is 2. The number of ether oxygens (including phenoxy) is 2. The van der Waals surface area contributed by atoms with E-state index >= 15 is 0 Å². The molecule has 0 aliphatic carbocycles. The molecule has 2 aromatic carbocycles. The van der Waals surface area contributed by atoms with Crippen molar-refractivity contribution in [1.29, 1.82) is 0 Å². The fourth-order valence-electron chi connectivity index (χ4n) is 4.66. The van der Waals surface area contributed by atoms with E-state index in [0.29, 0.717) is 64.0 Å². The first kappa shape index (κ1) is 31.6. The summed E-state index contributed by atoms with van der Waals surface area (Å²) in [4.78, 5) is 0.497. The van der Waals surface area contributed by atoms with Gasteiger partial charge in [-0.3, -0.25) is 0 Å². The minimum Gasteiger partial charge on any atom is -0.493 e. The van der Waals surface area contributed by atoms with Crippen molar-refractivity contribution in [2.75, 3.05) is 52.6 Å². The van der Waals surface area contributed by atoms with Crippen LogP contribution in [-0.2, 0) is 43.6 Å². The van der Waals surface area contributed by atoms with Crippen molar-refractivity contribution in [1.82, 2.24) is 28.2 Å². The first-order valence-corrected chi connectivity index (χ1v) is 16.7. The molecule has 2 aliphatic heterocycles. The van der Waals surface area contributed by atoms with Gasteiger partial charge in [-0.05, 0) is 24.3 Å². The highest BCUT2D eigenvalue weighted by molar-refractivity contribution is 7.89. The molecule has 44 heavy (non-hydrogen) atoms. The number of nitrogens with zero attached hydrogens (tertiary/aromatic N) is 6. The van der Waals surface area contributed by atoms with E-state index in [2.05, 4.69) is 10.2 Å². The molecule has 0 bridgehead atoms. The van der Waals surface area contributed by atoms with E-state index in [0.717, 1.165) is 11.1 Å². The lowest BCUT2D eigenvalue weighted by Gasteiger charge is -2.26. The quantitative estimate of drug-likeness (QED) is 0.314. The third-order valence-electron chi connectivity index (χ3n) is 7.23. The minimum atomic E-state index is -3.49. The number of aryl methyl sites for hydroxylation is 2. The van der Waals surface area contributed by atoms with Crippen LogP contribution in [-0.4, -0.2) is 108 Å². The van der Waals surface area contributed by atoms with Gasteiger partial charge < -0.3 is 19.7 Å². The molecule has 16 heteroatoms. The molecule has 6 rings (SSSR count). The Labute approximate surface area is 255 Å². The molecule has 0 radical (unpaired) electrons. The van der Waals surface area contributed by atoms with Gasteiger partial charge in [-0.2, -0.15) is 18.8 Å². The van der Waals surface area contributed by atoms with Gasteiger partial charge in [-0.1, -0.05) is 24.3 Å². The molecule has 2 N–H and O–H groups in total. The summed E-state index contributed by atoms with van der Waals surface area (Å²) in [6.45, 7) is 3.18. The fraction of sp³-hybridized carbons (Fsp3) is 0.357. The minimum absolute atomic E-state index is 0.0556. The Hall–Kier alpha value is -3.80. The van der Waals surface area contributed by atoms with Gasteiger partial charge in [-0.15, -0.1) is 0 Å². The van der Waals surface area contributed by atoms with E-state index in [1.165, 1.54) is 30.1 Å². The molecule has 14 nitrogen and oxygen atoms in total. The Bertz CT molecular complexity index is 1620. The Kier molecular flexibility index (Phi) is 9.38. The SMILES string of the molecule is Cn1nc(-c2ccc(S(=O)(=O)N3CCOCC3)cc2)cc1O.Cn1nc(-c2ccc(S(=O)(=O)N3CCOCC3)cc2)cc1O. The van der Waals surface area contributed by atoms with Gasteiger partial charge in [0.15, 0.2) is 0 Å². The van der Waals surface area contributed by atoms with Crippen molar-refractivity contribution in [3.63, 3.8) is 0 Å². The van der Waals surface area contributed by atoms with Crippen molar-refractivity contribution < 1.29 is 36.5 Å². The van der Waals surface area contributed by atoms with Crippen LogP contribution in [0.15, 0.2) is 70.5 Å². The third-order valence-corrected chi connectivity index (χ3v) is 11.1. The molecule has 4 aromatic rings. The van der Waals surface area contributed by atoms with Crippen LogP contribution in [0.2, 0.25) is 0 Å². The summed E-state index contributed by atoms with van der Waals surface area (Å²) in [7, 11) is -3.70. The highest BCUT2D eigenvalue weighted by Gasteiger charge is 2.27. The van der Waals surface area contributed by atoms with Crippen LogP contribution >= 0.6 is 0 Å². The van der Waals surface area contributed by atoms with Crippen LogP contribution in [0, 0.1) is 0 Å². The maximum absolute atomic E-state index is 12.5. The van der Waals surface area contributed by atoms with E-state index in [4.69, 9.17) is 9.47 Å². The van der Waals surface area contributed by atoms with Crippen molar-refractivity contribution in [2.24, 2.45) is 14.1 Å². The second-order valence-electron chi connectivity index (χ2n) is 10.1. The lowest BCUT2D eigenvalue weighted by Crippen LogP contribution is -2.40. The van der Waals surface area contributed by atoms with Gasteiger partial charge in [0.05, 0.1) is 47.6 Å². The first-order valence-electron chi connectivity index (χ1n) is 13.8. The number of aromatic hydroxyl groups is 2. The smallest absolute Gasteiger partial charge is 0.243 e. The van der Waals surface area contributed by atoms with Crippen LogP contribution in [0.3, 0.4) is 0 Å². The molecule has 236 valence electrons. The highest BCUT2D eigenvalue weighted by Crippen LogP contribution is 2.26. The first-order chi connectivity index (χ1) is 21.0. The maximum Gasteiger partial charge on any atom is 0.243 e. The molecule has 4 heterocycles. The van der Waals surface area contributed by atoms with E-state index in [1.807, 2.05) is 0 Å². The summed E-state index contributed by atoms with van der Waals surface area (Å²) in [5, 5.41) is 27.4. The summed E-state index contributed by atoms with van der Waals surface area (Å²) in [6.07, 6.45) is 0. The van der Waals surface area contributed by atoms with Crippen molar-refractivity contribution >= 4 is 20.0 Å². The Morgan fingerprint density at radius 2 is 0.909 bits per heavy atom. The molecule has 2 saturated heterocycles. The Balaban J connectivity index is 0.000000175. The summed E-state index contributed by atoms with van der Waals surface area (Å²) in [5.74, 6) is 0.111. The molecule has 0 saturated carbocycles. The predicted molar refractivity (Wildman–Crippen MR) is 160 cm³/mol. The van der Waals surface area contributed by atoms with E-state index < -0.39 is 20.0 Å². The predicted octanol–water partition coefficient (Wildman–Crippen LogP) is 1.63. The standard InChI is InChI=1S/2C14H17N3O4S/c2*1-16-14(18)10-13(15-16)11-2-4-12(5-3-11)22(19,20)17-6-8-21-9-7-17/h2*2-5,10,18H,6-9H2,1H3. The van der Waals surface area contributed by atoms with Crippen molar-refractivity contribution in [3.8, 4) is 34.3 Å². The zero-order valence-corrected chi connectivity index (χ0v) is 25.9. The van der Waals surface area contributed by atoms with Crippen molar-refractivity contribution in [3.05, 3.63) is 60.7 Å². The lowest BCUT2D eigenvalue weighted by molar-refractivity contribution is 0.0730. The van der Waals surface area contributed by atoms with Gasteiger partial charge in [0, 0.05) is 63.5 Å². The van der Waals surface area contributed by atoms with Crippen LogP contribution < -0.4 is 0 Å². The van der Waals surface area contributed by atoms with Gasteiger partial charge in [0.25, 0.3) is 0 Å². The van der Waals surface area contributed by atoms with E-state index in [1.54, 1.807) is 62.6 Å². The van der Waals surface area contributed by atoms with E-state index in [-0.39, 0.29) is 21.6 Å². The molecule has 0 unspecified atom stereocenters. The molecular weight excluding hydrogens is 612 g/mol. The number of rotatable bonds is 6. The number of hydrogen-bond acceptors (Lipinski definition) is 10. The van der Waals surface area contributed by atoms with Crippen LogP contribution in [0.5, 0.6) is 11.8 Å². The molecular formula is C28H34N6O8S2. The van der Waals surface area contributed by atoms with Gasteiger partial charge in [0.1, 0.15) is 0 Å². The topological polar surface area (TPSA) is 169 Å². The summed E-state index contributed by atoms with van der Waals surface area (Å²) in [5.41, 5.74) is 2.68. The molecule has 2 aromatic heterocycles. The Morgan fingerprint density at radius 3 is 1.18 bits per heavy atom. The molecule has 2 aliphatic rings. The van der Waals surface area contributed by atoms with Crippen LogP contribution in [0.25, 0.3) is 22.5 Å². The van der Waals surface area contributed by atoms with Gasteiger partial charge in [0.2, 0.25) is 31.8 Å². The van der Waals surface area contributed by atoms with Gasteiger partial charge >= 0.3 is 0 Å². The van der Waals surface area contributed by atoms with Crippen LogP contribution in [0.1, 0.15) is 0 Å². The Morgan fingerprint density at radius 1 is 0.591 bits per heavy atom. The lowest BCUT2D eigenvalue weighted by atomic mass is 10.2. The fourth-order valence-corrected chi connectivity index (χ4v) is 7.48. The molecule has 0 amide bonds. The zero-order chi connectivity index (χ0) is 31.5. The normalized spacial score (nSPS) is 16.8. The number of sulfonamides is 2. The highest BCUT2D eigenvalue weighted by atomic mass is 32.2. The number of hydrogen-bond donors (Lipinski definition) is 2. The third kappa shape index (κ3) is 6.80. The monoisotopic (exact) mass is 646 g/mol. The summed E-state index contributed by atoms with van der Waals surface area (Å²) in [6, 6.07) is 16.1. The van der Waals surface area contributed by atoms with Crippen molar-refractivity contribution in [2.45, 2.75) is 9.79 Å². The average molecular weight is 647 g/mol. The van der Waals surface area contributed by atoms with Gasteiger partial charge in [-0.25, -0.2) is 26.2 Å². The average Bonchev–Trinajstić information content (AvgIpc) is 3.57. The second kappa shape index (κ2) is 13.1. The zero-order valence-electron chi connectivity index (χ0n) is 24.3. The number of aromatic nitrogens is 4. The molecule has 2 fully saturated rings. The van der Waals surface area contributed by atoms with E-state index in [9.17, 15) is 27.0 Å². The van der Waals surface area contributed by atoms with Crippen LogP contribution in [0.4, 0.5) is 0 Å². The largest absolute Gasteiger partial charge is 0.493 e.